The van der Waals surface area contributed by atoms with E-state index in [-0.39, 0.29) is 30.0 Å². The highest BCUT2D eigenvalue weighted by atomic mass is 19.1. The SMILES string of the molecule is Cc1cc(-c2ccc(F)cc2)cc(C2CCN(C(=O)C3CC(=O)Nc4ccccc43)CC2)n1. The summed E-state index contributed by atoms with van der Waals surface area (Å²) in [5.41, 5.74) is 5.57. The first kappa shape index (κ1) is 21.3. The van der Waals surface area contributed by atoms with Crippen molar-refractivity contribution in [3.05, 3.63) is 83.4 Å². The molecule has 5 rings (SSSR count). The molecule has 0 radical (unpaired) electrons. The number of fused-ring (bicyclic) bond motifs is 1. The normalized spacial score (nSPS) is 18.5. The van der Waals surface area contributed by atoms with Gasteiger partial charge >= 0.3 is 0 Å². The molecule has 3 aromatic rings. The molecule has 1 fully saturated rings. The van der Waals surface area contributed by atoms with E-state index in [2.05, 4.69) is 11.4 Å². The Bertz CT molecular complexity index is 1200. The van der Waals surface area contributed by atoms with Crippen molar-refractivity contribution in [2.45, 2.75) is 38.0 Å². The van der Waals surface area contributed by atoms with Crippen molar-refractivity contribution in [2.75, 3.05) is 18.4 Å². The third kappa shape index (κ3) is 4.38. The first-order valence-corrected chi connectivity index (χ1v) is 11.4. The zero-order chi connectivity index (χ0) is 22.9. The Labute approximate surface area is 192 Å². The zero-order valence-corrected chi connectivity index (χ0v) is 18.6. The van der Waals surface area contributed by atoms with Gasteiger partial charge in [0.1, 0.15) is 5.82 Å². The molecule has 1 aromatic heterocycles. The predicted molar refractivity (Wildman–Crippen MR) is 125 cm³/mol. The Balaban J connectivity index is 1.30. The second-order valence-corrected chi connectivity index (χ2v) is 8.92. The summed E-state index contributed by atoms with van der Waals surface area (Å²) in [6.07, 6.45) is 1.84. The molecule has 0 aliphatic carbocycles. The van der Waals surface area contributed by atoms with Gasteiger partial charge in [-0.05, 0) is 66.8 Å². The van der Waals surface area contributed by atoms with Crippen LogP contribution < -0.4 is 5.32 Å². The number of hydrogen-bond donors (Lipinski definition) is 1. The number of nitrogens with one attached hydrogen (secondary N) is 1. The van der Waals surface area contributed by atoms with Gasteiger partial charge in [0.15, 0.2) is 0 Å². The van der Waals surface area contributed by atoms with Crippen LogP contribution in [-0.2, 0) is 9.59 Å². The Kier molecular flexibility index (Phi) is 5.67. The zero-order valence-electron chi connectivity index (χ0n) is 18.6. The van der Waals surface area contributed by atoms with E-state index < -0.39 is 5.92 Å². The van der Waals surface area contributed by atoms with Gasteiger partial charge in [-0.1, -0.05) is 30.3 Å². The van der Waals surface area contributed by atoms with E-state index in [1.165, 1.54) is 12.1 Å². The number of pyridine rings is 1. The summed E-state index contributed by atoms with van der Waals surface area (Å²) in [6, 6.07) is 18.2. The summed E-state index contributed by atoms with van der Waals surface area (Å²) in [4.78, 5) is 32.1. The number of nitrogens with zero attached hydrogens (tertiary/aromatic N) is 2. The fourth-order valence-corrected chi connectivity index (χ4v) is 4.96. The molecule has 2 aromatic carbocycles. The van der Waals surface area contributed by atoms with Gasteiger partial charge in [0.05, 0.1) is 5.92 Å². The molecule has 33 heavy (non-hydrogen) atoms. The number of carbonyl (C=O) groups excluding carboxylic acids is 2. The van der Waals surface area contributed by atoms with Crippen LogP contribution in [0.15, 0.2) is 60.7 Å². The predicted octanol–water partition coefficient (Wildman–Crippen LogP) is 5.03. The first-order valence-electron chi connectivity index (χ1n) is 11.4. The van der Waals surface area contributed by atoms with Crippen LogP contribution in [0.4, 0.5) is 10.1 Å². The fourth-order valence-electron chi connectivity index (χ4n) is 4.96. The lowest BCUT2D eigenvalue weighted by atomic mass is 9.87. The van der Waals surface area contributed by atoms with Crippen LogP contribution in [0.5, 0.6) is 0 Å². The Morgan fingerprint density at radius 2 is 1.76 bits per heavy atom. The van der Waals surface area contributed by atoms with Crippen molar-refractivity contribution < 1.29 is 14.0 Å². The van der Waals surface area contributed by atoms with E-state index >= 15 is 0 Å². The third-order valence-electron chi connectivity index (χ3n) is 6.67. The van der Waals surface area contributed by atoms with Gasteiger partial charge in [0, 0.05) is 42.5 Å². The van der Waals surface area contributed by atoms with Crippen LogP contribution in [0.3, 0.4) is 0 Å². The van der Waals surface area contributed by atoms with Crippen molar-refractivity contribution in [3.63, 3.8) is 0 Å². The molecule has 1 atom stereocenters. The summed E-state index contributed by atoms with van der Waals surface area (Å²) in [7, 11) is 0. The number of likely N-dealkylation sites (tertiary alicyclic amines) is 1. The maximum atomic E-state index is 13.3. The highest BCUT2D eigenvalue weighted by Crippen LogP contribution is 2.36. The van der Waals surface area contributed by atoms with Gasteiger partial charge in [-0.25, -0.2) is 4.39 Å². The summed E-state index contributed by atoms with van der Waals surface area (Å²) in [6.45, 7) is 3.26. The van der Waals surface area contributed by atoms with Gasteiger partial charge in [-0.3, -0.25) is 14.6 Å². The summed E-state index contributed by atoms with van der Waals surface area (Å²) in [5.74, 6) is -0.497. The number of anilines is 1. The standard InChI is InChI=1S/C27H26FN3O2/c1-17-14-20(18-6-8-21(28)9-7-18)15-25(29-17)19-10-12-31(13-11-19)27(33)23-16-26(32)30-24-5-3-2-4-22(23)24/h2-9,14-15,19,23H,10-13,16H2,1H3,(H,30,32). The molecule has 0 saturated carbocycles. The van der Waals surface area contributed by atoms with Gasteiger partial charge < -0.3 is 10.2 Å². The van der Waals surface area contributed by atoms with E-state index in [4.69, 9.17) is 4.98 Å². The molecule has 168 valence electrons. The molecule has 0 spiro atoms. The maximum Gasteiger partial charge on any atom is 0.230 e. The smallest absolute Gasteiger partial charge is 0.230 e. The van der Waals surface area contributed by atoms with Crippen LogP contribution in [0.25, 0.3) is 11.1 Å². The topological polar surface area (TPSA) is 62.3 Å². The number of hydrogen-bond acceptors (Lipinski definition) is 3. The number of amides is 2. The van der Waals surface area contributed by atoms with Crippen molar-refractivity contribution >= 4 is 17.5 Å². The van der Waals surface area contributed by atoms with Crippen LogP contribution in [0, 0.1) is 12.7 Å². The van der Waals surface area contributed by atoms with Crippen molar-refractivity contribution in [1.82, 2.24) is 9.88 Å². The molecule has 2 aliphatic rings. The second-order valence-electron chi connectivity index (χ2n) is 8.92. The molecule has 1 N–H and O–H groups in total. The quantitative estimate of drug-likeness (QED) is 0.618. The molecule has 0 bridgehead atoms. The van der Waals surface area contributed by atoms with Gasteiger partial charge in [0.2, 0.25) is 11.8 Å². The highest BCUT2D eigenvalue weighted by molar-refractivity contribution is 6.01. The van der Waals surface area contributed by atoms with Gasteiger partial charge in [-0.2, -0.15) is 0 Å². The van der Waals surface area contributed by atoms with Gasteiger partial charge in [0.25, 0.3) is 0 Å². The highest BCUT2D eigenvalue weighted by Gasteiger charge is 2.35. The average Bonchev–Trinajstić information content (AvgIpc) is 2.83. The summed E-state index contributed by atoms with van der Waals surface area (Å²) in [5, 5.41) is 2.86. The minimum Gasteiger partial charge on any atom is -0.342 e. The number of carbonyl (C=O) groups is 2. The van der Waals surface area contributed by atoms with E-state index in [9.17, 15) is 14.0 Å². The summed E-state index contributed by atoms with van der Waals surface area (Å²) >= 11 is 0. The molecule has 1 saturated heterocycles. The van der Waals surface area contributed by atoms with Crippen LogP contribution >= 0.6 is 0 Å². The number of benzene rings is 2. The molecule has 6 heteroatoms. The lowest BCUT2D eigenvalue weighted by molar-refractivity contribution is -0.135. The first-order chi connectivity index (χ1) is 16.0. The second kappa shape index (κ2) is 8.77. The number of para-hydroxylation sites is 1. The minimum atomic E-state index is -0.423. The fraction of sp³-hybridized carbons (Fsp3) is 0.296. The van der Waals surface area contributed by atoms with Crippen molar-refractivity contribution in [2.24, 2.45) is 0 Å². The largest absolute Gasteiger partial charge is 0.342 e. The number of aryl methyl sites for hydroxylation is 1. The van der Waals surface area contributed by atoms with E-state index in [0.29, 0.717) is 13.1 Å². The van der Waals surface area contributed by atoms with E-state index in [1.54, 1.807) is 12.1 Å². The molecule has 2 amide bonds. The number of aromatic nitrogens is 1. The molecule has 1 unspecified atom stereocenters. The maximum absolute atomic E-state index is 13.3. The van der Waals surface area contributed by atoms with Crippen LogP contribution in [0.1, 0.15) is 48.0 Å². The number of piperidine rings is 1. The molecule has 3 heterocycles. The van der Waals surface area contributed by atoms with Crippen molar-refractivity contribution in [3.8, 4) is 11.1 Å². The van der Waals surface area contributed by atoms with Crippen LogP contribution in [-0.4, -0.2) is 34.8 Å². The Hall–Kier alpha value is -3.54. The molecule has 5 nitrogen and oxygen atoms in total. The average molecular weight is 444 g/mol. The van der Waals surface area contributed by atoms with E-state index in [0.717, 1.165) is 46.6 Å². The van der Waals surface area contributed by atoms with Crippen LogP contribution in [0.2, 0.25) is 0 Å². The minimum absolute atomic E-state index is 0.0277. The third-order valence-corrected chi connectivity index (χ3v) is 6.67. The Morgan fingerprint density at radius 3 is 2.52 bits per heavy atom. The summed E-state index contributed by atoms with van der Waals surface area (Å²) < 4.78 is 13.3. The molecule has 2 aliphatic heterocycles. The lowest BCUT2D eigenvalue weighted by Gasteiger charge is -2.35. The Morgan fingerprint density at radius 1 is 1.03 bits per heavy atom. The van der Waals surface area contributed by atoms with Gasteiger partial charge in [-0.15, -0.1) is 0 Å². The van der Waals surface area contributed by atoms with Crippen molar-refractivity contribution in [1.29, 1.82) is 0 Å². The lowest BCUT2D eigenvalue weighted by Crippen LogP contribution is -2.42. The number of rotatable bonds is 3. The molecular weight excluding hydrogens is 417 g/mol. The number of halogens is 1. The molecular formula is C27H26FN3O2. The monoisotopic (exact) mass is 443 g/mol. The van der Waals surface area contributed by atoms with E-state index in [1.807, 2.05) is 42.2 Å².